The van der Waals surface area contributed by atoms with E-state index >= 15 is 0 Å². The summed E-state index contributed by atoms with van der Waals surface area (Å²) in [4.78, 5) is 0. The first-order valence-electron chi connectivity index (χ1n) is 3.19. The zero-order valence-corrected chi connectivity index (χ0v) is 4.94. The Bertz CT molecular complexity index is 135. The van der Waals surface area contributed by atoms with Crippen molar-refractivity contribution in [2.45, 2.75) is 24.9 Å². The molecule has 2 rings (SSSR count). The lowest BCUT2D eigenvalue weighted by molar-refractivity contribution is -0.181. The van der Waals surface area contributed by atoms with Gasteiger partial charge in [0.1, 0.15) is 0 Å². The van der Waals surface area contributed by atoms with Crippen LogP contribution in [0.4, 0.5) is 8.78 Å². The fourth-order valence-corrected chi connectivity index (χ4v) is 1.59. The maximum atomic E-state index is 12.4. The summed E-state index contributed by atoms with van der Waals surface area (Å²) in [7, 11) is 0. The summed E-state index contributed by atoms with van der Waals surface area (Å²) in [5, 5.41) is 0. The fraction of sp³-hybridized carbons (Fsp3) is 1.00. The summed E-state index contributed by atoms with van der Waals surface area (Å²) >= 11 is 0. The summed E-state index contributed by atoms with van der Waals surface area (Å²) in [5.74, 6) is -2.85. The lowest BCUT2D eigenvalue weighted by Gasteiger charge is -2.38. The summed E-state index contributed by atoms with van der Waals surface area (Å²) in [6.07, 6.45) is 0.398. The minimum absolute atomic E-state index is 0.0440. The predicted molar refractivity (Wildman–Crippen MR) is 27.4 cm³/mol. The first kappa shape index (κ1) is 5.59. The minimum Gasteiger partial charge on any atom is -0.377 e. The topological polar surface area (TPSA) is 9.23 Å². The third-order valence-electron chi connectivity index (χ3n) is 2.23. The second kappa shape index (κ2) is 1.45. The van der Waals surface area contributed by atoms with Crippen LogP contribution < -0.4 is 0 Å². The second-order valence-corrected chi connectivity index (χ2v) is 2.77. The standard InChI is InChI=1S/C6H8F2O/c7-6(8)3-5-4(6)1-2-9-5/h4-5H,1-3H2. The third kappa shape index (κ3) is 0.611. The number of halogens is 2. The van der Waals surface area contributed by atoms with Crippen LogP contribution in [0, 0.1) is 5.92 Å². The molecule has 0 aromatic rings. The molecule has 0 radical (unpaired) electrons. The molecule has 1 saturated carbocycles. The highest BCUT2D eigenvalue weighted by molar-refractivity contribution is 4.99. The molecule has 0 N–H and O–H groups in total. The van der Waals surface area contributed by atoms with Crippen LogP contribution in [0.1, 0.15) is 12.8 Å². The molecule has 1 nitrogen and oxygen atoms in total. The van der Waals surface area contributed by atoms with E-state index in [1.165, 1.54) is 0 Å². The molecule has 0 spiro atoms. The van der Waals surface area contributed by atoms with Gasteiger partial charge in [0.25, 0.3) is 5.92 Å². The van der Waals surface area contributed by atoms with Crippen molar-refractivity contribution in [3.63, 3.8) is 0 Å². The van der Waals surface area contributed by atoms with Gasteiger partial charge in [0.2, 0.25) is 0 Å². The molecule has 2 atom stereocenters. The van der Waals surface area contributed by atoms with Crippen LogP contribution in [-0.2, 0) is 4.74 Å². The highest BCUT2D eigenvalue weighted by Crippen LogP contribution is 2.50. The maximum absolute atomic E-state index is 12.4. The van der Waals surface area contributed by atoms with Crippen molar-refractivity contribution in [1.82, 2.24) is 0 Å². The number of alkyl halides is 2. The smallest absolute Gasteiger partial charge is 0.255 e. The van der Waals surface area contributed by atoms with Crippen molar-refractivity contribution in [3.05, 3.63) is 0 Å². The Kier molecular flexibility index (Phi) is 0.903. The Morgan fingerprint density at radius 1 is 1.44 bits per heavy atom. The van der Waals surface area contributed by atoms with E-state index in [0.717, 1.165) is 0 Å². The van der Waals surface area contributed by atoms with E-state index in [4.69, 9.17) is 4.74 Å². The molecular formula is C6H8F2O. The second-order valence-electron chi connectivity index (χ2n) is 2.77. The van der Waals surface area contributed by atoms with E-state index in [1.807, 2.05) is 0 Å². The monoisotopic (exact) mass is 134 g/mol. The number of ether oxygens (including phenoxy) is 1. The fourth-order valence-electron chi connectivity index (χ4n) is 1.59. The minimum atomic E-state index is -2.40. The van der Waals surface area contributed by atoms with Gasteiger partial charge >= 0.3 is 0 Å². The molecule has 1 aliphatic heterocycles. The molecule has 3 heteroatoms. The van der Waals surface area contributed by atoms with Crippen molar-refractivity contribution in [1.29, 1.82) is 0 Å². The van der Waals surface area contributed by atoms with Gasteiger partial charge in [0, 0.05) is 13.0 Å². The third-order valence-corrected chi connectivity index (χ3v) is 2.23. The van der Waals surface area contributed by atoms with Gasteiger partial charge in [-0.05, 0) is 6.42 Å². The number of rotatable bonds is 0. The Hall–Kier alpha value is -0.180. The summed E-state index contributed by atoms with van der Waals surface area (Å²) in [6, 6.07) is 0. The normalized spacial score (nSPS) is 46.0. The van der Waals surface area contributed by atoms with E-state index in [-0.39, 0.29) is 12.5 Å². The van der Waals surface area contributed by atoms with E-state index < -0.39 is 11.8 Å². The van der Waals surface area contributed by atoms with Crippen LogP contribution in [-0.4, -0.2) is 18.6 Å². The van der Waals surface area contributed by atoms with Gasteiger partial charge in [-0.3, -0.25) is 0 Å². The van der Waals surface area contributed by atoms with Gasteiger partial charge in [-0.1, -0.05) is 0 Å². The molecule has 0 bridgehead atoms. The Labute approximate surface area is 52.0 Å². The Morgan fingerprint density at radius 2 is 2.22 bits per heavy atom. The molecule has 1 heterocycles. The quantitative estimate of drug-likeness (QED) is 0.487. The van der Waals surface area contributed by atoms with Gasteiger partial charge in [0.05, 0.1) is 12.0 Å². The zero-order valence-electron chi connectivity index (χ0n) is 4.94. The number of hydrogen-bond acceptors (Lipinski definition) is 1. The molecule has 0 aromatic heterocycles. The van der Waals surface area contributed by atoms with Crippen molar-refractivity contribution in [2.24, 2.45) is 5.92 Å². The van der Waals surface area contributed by atoms with E-state index in [9.17, 15) is 8.78 Å². The van der Waals surface area contributed by atoms with Gasteiger partial charge in [-0.25, -0.2) is 8.78 Å². The molecule has 9 heavy (non-hydrogen) atoms. The van der Waals surface area contributed by atoms with Gasteiger partial charge in [0.15, 0.2) is 0 Å². The molecule has 1 aliphatic carbocycles. The van der Waals surface area contributed by atoms with Crippen LogP contribution in [0.3, 0.4) is 0 Å². The van der Waals surface area contributed by atoms with Crippen molar-refractivity contribution >= 4 is 0 Å². The van der Waals surface area contributed by atoms with E-state index in [2.05, 4.69) is 0 Å². The average molecular weight is 134 g/mol. The van der Waals surface area contributed by atoms with Crippen molar-refractivity contribution in [3.8, 4) is 0 Å². The first-order chi connectivity index (χ1) is 4.20. The largest absolute Gasteiger partial charge is 0.377 e. The van der Waals surface area contributed by atoms with E-state index in [1.54, 1.807) is 0 Å². The lowest BCUT2D eigenvalue weighted by atomic mass is 9.77. The van der Waals surface area contributed by atoms with Crippen LogP contribution in [0.5, 0.6) is 0 Å². The lowest BCUT2D eigenvalue weighted by Crippen LogP contribution is -2.48. The van der Waals surface area contributed by atoms with Crippen LogP contribution in [0.2, 0.25) is 0 Å². The summed E-state index contributed by atoms with van der Waals surface area (Å²) < 4.78 is 29.8. The molecule has 0 amide bonds. The van der Waals surface area contributed by atoms with Gasteiger partial charge in [-0.15, -0.1) is 0 Å². The zero-order chi connectivity index (χ0) is 6.48. The molecule has 0 aromatic carbocycles. The molecule has 1 saturated heterocycles. The summed E-state index contributed by atoms with van der Waals surface area (Å²) in [5.41, 5.74) is 0. The van der Waals surface area contributed by atoms with Crippen LogP contribution >= 0.6 is 0 Å². The van der Waals surface area contributed by atoms with Gasteiger partial charge in [-0.2, -0.15) is 0 Å². The number of fused-ring (bicyclic) bond motifs is 1. The first-order valence-corrected chi connectivity index (χ1v) is 3.19. The Balaban J connectivity index is 2.09. The molecule has 2 aliphatic rings. The van der Waals surface area contributed by atoms with Crippen molar-refractivity contribution < 1.29 is 13.5 Å². The summed E-state index contributed by atoms with van der Waals surface area (Å²) in [6.45, 7) is 0.533. The molecular weight excluding hydrogens is 126 g/mol. The molecule has 2 fully saturated rings. The van der Waals surface area contributed by atoms with Crippen molar-refractivity contribution in [2.75, 3.05) is 6.61 Å². The highest BCUT2D eigenvalue weighted by atomic mass is 19.3. The number of hydrogen-bond donors (Lipinski definition) is 0. The van der Waals surface area contributed by atoms with E-state index in [0.29, 0.717) is 13.0 Å². The Morgan fingerprint density at radius 3 is 2.67 bits per heavy atom. The molecule has 52 valence electrons. The average Bonchev–Trinajstić information content (AvgIpc) is 2.10. The molecule has 2 unspecified atom stereocenters. The highest BCUT2D eigenvalue weighted by Gasteiger charge is 2.58. The van der Waals surface area contributed by atoms with Crippen LogP contribution in [0.25, 0.3) is 0 Å². The predicted octanol–water partition coefficient (Wildman–Crippen LogP) is 1.43. The van der Waals surface area contributed by atoms with Gasteiger partial charge < -0.3 is 4.74 Å². The van der Waals surface area contributed by atoms with Crippen LogP contribution in [0.15, 0.2) is 0 Å². The maximum Gasteiger partial charge on any atom is 0.255 e. The SMILES string of the molecule is FC1(F)CC2OCCC21.